The fraction of sp³-hybridized carbons (Fsp3) is 0.521. The second kappa shape index (κ2) is 24.0. The van der Waals surface area contributed by atoms with Crippen LogP contribution in [0.25, 0.3) is 11.8 Å². The zero-order chi connectivity index (χ0) is 54.9. The molecule has 18 N–H and O–H groups in total. The third-order valence-electron chi connectivity index (χ3n) is 13.1. The van der Waals surface area contributed by atoms with Gasteiger partial charge in [0.25, 0.3) is 0 Å². The van der Waals surface area contributed by atoms with Gasteiger partial charge in [-0.2, -0.15) is 0 Å². The fourth-order valence-electron chi connectivity index (χ4n) is 8.78. The summed E-state index contributed by atoms with van der Waals surface area (Å²) in [4.78, 5) is 13.1. The summed E-state index contributed by atoms with van der Waals surface area (Å²) < 4.78 is 56.3. The SMILES string of the molecule is O=C(C=Cc1ccc(OC2OC(CO)C(O)C(O)C2O)cc1)OCC1OC(OC2=C(c3ccc(O)c(O)c3)[OH+]C3C=C(O)C=C(OC4OC(CO)C(O)C(O)C4O)C3=C2)C(OC2OC(CO)C(O)C(O)C2O)C(O)C1O. The van der Waals surface area contributed by atoms with Crippen LogP contribution in [-0.4, -0.2) is 253 Å². The molecule has 21 unspecified atom stereocenters. The number of carbonyl (C=O) groups is 1. The summed E-state index contributed by atoms with van der Waals surface area (Å²) in [5.74, 6) is -3.29. The largest absolute Gasteiger partial charge is 0.571 e. The number of ether oxygens (including phenoxy) is 10. The molecule has 8 rings (SSSR count). The molecule has 1 aliphatic carbocycles. The van der Waals surface area contributed by atoms with Crippen LogP contribution in [0.4, 0.5) is 0 Å². The molecule has 28 heteroatoms. The predicted octanol–water partition coefficient (Wildman–Crippen LogP) is -6.16. The predicted molar refractivity (Wildman–Crippen MR) is 246 cm³/mol. The van der Waals surface area contributed by atoms with Gasteiger partial charge in [0.2, 0.25) is 30.7 Å². The molecule has 0 saturated carbocycles. The van der Waals surface area contributed by atoms with Crippen molar-refractivity contribution in [1.82, 2.24) is 0 Å². The van der Waals surface area contributed by atoms with E-state index in [-0.39, 0.29) is 34.2 Å². The zero-order valence-electron chi connectivity index (χ0n) is 39.5. The van der Waals surface area contributed by atoms with Gasteiger partial charge in [0.15, 0.2) is 23.9 Å². The van der Waals surface area contributed by atoms with Crippen LogP contribution in [0.5, 0.6) is 17.2 Å². The normalized spacial score (nSPS) is 38.8. The molecule has 0 spiro atoms. The van der Waals surface area contributed by atoms with Gasteiger partial charge in [-0.1, -0.05) is 12.1 Å². The quantitative estimate of drug-likeness (QED) is 0.0322. The van der Waals surface area contributed by atoms with E-state index in [0.717, 1.165) is 24.3 Å². The Morgan fingerprint density at radius 1 is 0.566 bits per heavy atom. The van der Waals surface area contributed by atoms with Crippen LogP contribution < -0.4 is 4.74 Å². The summed E-state index contributed by atoms with van der Waals surface area (Å²) in [5.41, 5.74) is 0.465. The van der Waals surface area contributed by atoms with Crippen LogP contribution in [-0.2, 0) is 42.7 Å². The highest BCUT2D eigenvalue weighted by Gasteiger charge is 2.53. The van der Waals surface area contributed by atoms with Gasteiger partial charge in [-0.15, -0.1) is 0 Å². The monoisotopic (exact) mass is 1080 g/mol. The number of hydrogen-bond acceptors (Lipinski definition) is 27. The molecule has 0 aromatic heterocycles. The number of carbonyl (C=O) groups excluding carboxylic acids is 1. The van der Waals surface area contributed by atoms with Gasteiger partial charge in [0, 0.05) is 24.3 Å². The Morgan fingerprint density at radius 2 is 1.11 bits per heavy atom. The lowest BCUT2D eigenvalue weighted by Gasteiger charge is -2.46. The molecular formula is C48H59O28+. The van der Waals surface area contributed by atoms with Crippen LogP contribution in [0.1, 0.15) is 11.1 Å². The van der Waals surface area contributed by atoms with Crippen molar-refractivity contribution in [2.24, 2.45) is 0 Å². The zero-order valence-corrected chi connectivity index (χ0v) is 39.5. The summed E-state index contributed by atoms with van der Waals surface area (Å²) in [6.45, 7) is -3.16. The molecule has 21 atom stereocenters. The number of phenols is 2. The average molecular weight is 1080 g/mol. The van der Waals surface area contributed by atoms with E-state index < -0.39 is 179 Å². The first-order chi connectivity index (χ1) is 36.2. The molecule has 0 radical (unpaired) electrons. The molecule has 5 aliphatic heterocycles. The van der Waals surface area contributed by atoms with Crippen LogP contribution in [0, 0.1) is 0 Å². The van der Waals surface area contributed by atoms with Crippen molar-refractivity contribution in [1.29, 1.82) is 0 Å². The Balaban J connectivity index is 1.06. The second-order valence-electron chi connectivity index (χ2n) is 18.3. The Bertz CT molecular complexity index is 2490. The van der Waals surface area contributed by atoms with Gasteiger partial charge < -0.3 is 134 Å². The highest BCUT2D eigenvalue weighted by Crippen LogP contribution is 2.41. The highest BCUT2D eigenvalue weighted by molar-refractivity contribution is 5.87. The van der Waals surface area contributed by atoms with Crippen molar-refractivity contribution in [3.05, 3.63) is 101 Å². The molecule has 76 heavy (non-hydrogen) atoms. The van der Waals surface area contributed by atoms with Crippen molar-refractivity contribution < 1.29 is 139 Å². The summed E-state index contributed by atoms with van der Waals surface area (Å²) in [7, 11) is 0. The molecule has 2 aromatic rings. The number of phenolic OH excluding ortho intramolecular Hbond substituents is 2. The highest BCUT2D eigenvalue weighted by atomic mass is 16.8. The Morgan fingerprint density at radius 3 is 1.68 bits per heavy atom. The van der Waals surface area contributed by atoms with E-state index in [1.807, 2.05) is 0 Å². The molecule has 0 bridgehead atoms. The lowest BCUT2D eigenvalue weighted by Crippen LogP contribution is -2.64. The maximum absolute atomic E-state index is 13.1. The van der Waals surface area contributed by atoms with E-state index in [1.54, 1.807) is 0 Å². The number of benzene rings is 2. The summed E-state index contributed by atoms with van der Waals surface area (Å²) in [6.07, 6.45) is -30.8. The average Bonchev–Trinajstić information content (AvgIpc) is 3.42. The van der Waals surface area contributed by atoms with Gasteiger partial charge >= 0.3 is 11.7 Å². The van der Waals surface area contributed by atoms with Crippen LogP contribution >= 0.6 is 0 Å². The smallest absolute Gasteiger partial charge is 0.330 e. The minimum Gasteiger partial charge on any atom is -0.571 e. The van der Waals surface area contributed by atoms with E-state index in [1.165, 1.54) is 48.6 Å². The first-order valence-electron chi connectivity index (χ1n) is 23.6. The molecular weight excluding hydrogens is 1020 g/mol. The molecule has 5 heterocycles. The van der Waals surface area contributed by atoms with Crippen molar-refractivity contribution >= 4 is 17.8 Å². The minimum absolute atomic E-state index is 0.0209. The first kappa shape index (κ1) is 56.6. The maximum atomic E-state index is 13.1. The Kier molecular flexibility index (Phi) is 17.9. The number of rotatable bonds is 16. The van der Waals surface area contributed by atoms with Gasteiger partial charge in [-0.3, -0.25) is 0 Å². The van der Waals surface area contributed by atoms with E-state index in [0.29, 0.717) is 5.56 Å². The van der Waals surface area contributed by atoms with Gasteiger partial charge in [0.05, 0.1) is 37.0 Å². The number of aliphatic hydroxyl groups excluding tert-OH is 15. The minimum atomic E-state index is -2.11. The number of allylic oxidation sites excluding steroid dienone is 2. The van der Waals surface area contributed by atoms with Crippen molar-refractivity contribution in [3.63, 3.8) is 0 Å². The molecule has 4 saturated heterocycles. The molecule has 418 valence electrons. The molecule has 6 aliphatic rings. The van der Waals surface area contributed by atoms with Crippen LogP contribution in [0.3, 0.4) is 0 Å². The Labute approximate surface area is 429 Å². The summed E-state index contributed by atoms with van der Waals surface area (Å²) in [6, 6.07) is 9.28. The van der Waals surface area contributed by atoms with E-state index >= 15 is 0 Å². The van der Waals surface area contributed by atoms with Crippen molar-refractivity contribution in [3.8, 4) is 17.2 Å². The summed E-state index contributed by atoms with van der Waals surface area (Å²) >= 11 is 0. The molecule has 0 amide bonds. The molecule has 2 aromatic carbocycles. The maximum Gasteiger partial charge on any atom is 0.330 e. The van der Waals surface area contributed by atoms with E-state index in [9.17, 15) is 91.6 Å². The second-order valence-corrected chi connectivity index (χ2v) is 18.3. The standard InChI is InChI=1S/C48H58O28/c49-13-27-32(56)36(60)40(64)45(72-27)68-20-5-1-17(2-6-20)3-8-31(55)67-16-30-35(59)39(63)44(76-47-42(66)38(62)34(58)29(15-51)74-47)48(75-30)71-26-12-21-24(69-43(26)18-4-7-22(53)23(54)9-18)10-19(52)11-25(21)70-46-41(65)37(61)33(57)28(14-50)73-46/h1-12,24,27-30,32-42,44-54,56-66H,13-16H2/p+1. The van der Waals surface area contributed by atoms with Gasteiger partial charge in [-0.05, 0) is 35.9 Å². The Hall–Kier alpha value is -5.55. The lowest BCUT2D eigenvalue weighted by atomic mass is 9.95. The number of fused-ring (bicyclic) bond motifs is 1. The third-order valence-corrected chi connectivity index (χ3v) is 13.1. The lowest BCUT2D eigenvalue weighted by molar-refractivity contribution is -0.363. The van der Waals surface area contributed by atoms with E-state index in [4.69, 9.17) is 42.6 Å². The fourth-order valence-corrected chi connectivity index (χ4v) is 8.78. The topological polar surface area (TPSA) is 457 Å². The van der Waals surface area contributed by atoms with Crippen molar-refractivity contribution in [2.45, 2.75) is 129 Å². The van der Waals surface area contributed by atoms with Crippen LogP contribution in [0.2, 0.25) is 0 Å². The van der Waals surface area contributed by atoms with Gasteiger partial charge in [-0.25, -0.2) is 4.79 Å². The molecule has 28 nitrogen and oxygen atoms in total. The first-order valence-corrected chi connectivity index (χ1v) is 23.6. The number of hydrogen-bond donors (Lipinski definition) is 17. The van der Waals surface area contributed by atoms with Crippen LogP contribution in [0.15, 0.2) is 89.6 Å². The number of aromatic hydroxyl groups is 2. The van der Waals surface area contributed by atoms with Gasteiger partial charge in [0.1, 0.15) is 115 Å². The molecule has 4 fully saturated rings. The van der Waals surface area contributed by atoms with Crippen molar-refractivity contribution in [2.75, 3.05) is 26.4 Å². The third kappa shape index (κ3) is 11.9. The number of aliphatic hydroxyl groups is 17. The number of esters is 1. The van der Waals surface area contributed by atoms with E-state index in [2.05, 4.69) is 4.74 Å². The summed E-state index contributed by atoms with van der Waals surface area (Å²) in [5, 5.41) is 178.